The van der Waals surface area contributed by atoms with Crippen LogP contribution in [-0.2, 0) is 14.2 Å². The van der Waals surface area contributed by atoms with Crippen LogP contribution in [0.1, 0.15) is 53.9 Å². The van der Waals surface area contributed by atoms with Gasteiger partial charge < -0.3 is 19.5 Å². The van der Waals surface area contributed by atoms with Gasteiger partial charge in [0.1, 0.15) is 6.10 Å². The molecule has 5 heteroatoms. The molecule has 3 atom stereocenters. The van der Waals surface area contributed by atoms with Gasteiger partial charge in [-0.25, -0.2) is 4.79 Å². The zero-order chi connectivity index (χ0) is 17.0. The van der Waals surface area contributed by atoms with E-state index in [2.05, 4.69) is 26.1 Å². The number of carbonyl (C=O) groups is 1. The van der Waals surface area contributed by atoms with Crippen molar-refractivity contribution in [1.82, 2.24) is 5.32 Å². The van der Waals surface area contributed by atoms with E-state index in [1.165, 1.54) is 6.42 Å². The second-order valence-electron chi connectivity index (χ2n) is 8.04. The zero-order valence-corrected chi connectivity index (χ0v) is 15.3. The molecule has 0 aromatic heterocycles. The van der Waals surface area contributed by atoms with Crippen LogP contribution in [0.4, 0.5) is 4.79 Å². The molecular formula is C18H33NO4. The lowest BCUT2D eigenvalue weighted by Gasteiger charge is -2.37. The molecule has 1 N–H and O–H groups in total. The lowest BCUT2D eigenvalue weighted by Crippen LogP contribution is -2.45. The number of alkyl carbamates (subject to hydrolysis) is 1. The summed E-state index contributed by atoms with van der Waals surface area (Å²) in [5, 5.41) is 2.88. The van der Waals surface area contributed by atoms with Crippen LogP contribution in [0.3, 0.4) is 0 Å². The van der Waals surface area contributed by atoms with Gasteiger partial charge in [0.25, 0.3) is 0 Å². The van der Waals surface area contributed by atoms with Gasteiger partial charge in [0.2, 0.25) is 0 Å². The predicted molar refractivity (Wildman–Crippen MR) is 89.1 cm³/mol. The number of carbonyl (C=O) groups excluding carboxylic acids is 1. The van der Waals surface area contributed by atoms with Crippen LogP contribution in [-0.4, -0.2) is 37.7 Å². The standard InChI is InChI=1S/C18H33NO4/c1-12(2)15-7-6-13(3)8-16(15)23-17(20)19-9-14-10-21-18(4,5)22-11-14/h12-16H,6-11H2,1-5H3,(H,19,20)/t13-,15+,16+/m1/s1. The summed E-state index contributed by atoms with van der Waals surface area (Å²) in [4.78, 5) is 12.1. The summed E-state index contributed by atoms with van der Waals surface area (Å²) in [6, 6.07) is 0. The number of nitrogens with one attached hydrogen (secondary N) is 1. The second kappa shape index (κ2) is 7.84. The average Bonchev–Trinajstić information content (AvgIpc) is 2.46. The number of rotatable bonds is 4. The fourth-order valence-corrected chi connectivity index (χ4v) is 3.50. The molecule has 1 aliphatic heterocycles. The Balaban J connectivity index is 1.75. The van der Waals surface area contributed by atoms with Crippen LogP contribution < -0.4 is 5.32 Å². The largest absolute Gasteiger partial charge is 0.446 e. The minimum Gasteiger partial charge on any atom is -0.446 e. The fourth-order valence-electron chi connectivity index (χ4n) is 3.50. The average molecular weight is 327 g/mol. The van der Waals surface area contributed by atoms with Gasteiger partial charge >= 0.3 is 6.09 Å². The van der Waals surface area contributed by atoms with E-state index >= 15 is 0 Å². The summed E-state index contributed by atoms with van der Waals surface area (Å²) in [5.41, 5.74) is 0. The number of hydrogen-bond acceptors (Lipinski definition) is 4. The van der Waals surface area contributed by atoms with Crippen molar-refractivity contribution in [1.29, 1.82) is 0 Å². The Hall–Kier alpha value is -0.810. The molecule has 1 heterocycles. The van der Waals surface area contributed by atoms with E-state index in [1.54, 1.807) is 0 Å². The van der Waals surface area contributed by atoms with Crippen LogP contribution >= 0.6 is 0 Å². The summed E-state index contributed by atoms with van der Waals surface area (Å²) < 4.78 is 17.0. The van der Waals surface area contributed by atoms with E-state index in [1.807, 2.05) is 13.8 Å². The molecule has 2 fully saturated rings. The van der Waals surface area contributed by atoms with Gasteiger partial charge in [-0.3, -0.25) is 0 Å². The molecule has 1 saturated heterocycles. The van der Waals surface area contributed by atoms with Crippen molar-refractivity contribution in [2.45, 2.75) is 65.8 Å². The minimum absolute atomic E-state index is 0.0385. The normalized spacial score (nSPS) is 31.8. The van der Waals surface area contributed by atoms with Crippen molar-refractivity contribution in [3.8, 4) is 0 Å². The van der Waals surface area contributed by atoms with Gasteiger partial charge in [0.05, 0.1) is 13.2 Å². The lowest BCUT2D eigenvalue weighted by molar-refractivity contribution is -0.261. The van der Waals surface area contributed by atoms with Gasteiger partial charge in [-0.2, -0.15) is 0 Å². The molecule has 0 aromatic rings. The molecule has 0 aromatic carbocycles. The molecule has 0 radical (unpaired) electrons. The van der Waals surface area contributed by atoms with Crippen molar-refractivity contribution in [2.75, 3.05) is 19.8 Å². The van der Waals surface area contributed by atoms with Gasteiger partial charge in [-0.1, -0.05) is 27.2 Å². The van der Waals surface area contributed by atoms with E-state index in [4.69, 9.17) is 14.2 Å². The summed E-state index contributed by atoms with van der Waals surface area (Å²) in [6.07, 6.45) is 3.09. The highest BCUT2D eigenvalue weighted by Crippen LogP contribution is 2.35. The molecule has 1 amide bonds. The van der Waals surface area contributed by atoms with Crippen molar-refractivity contribution in [2.24, 2.45) is 23.7 Å². The molecule has 1 saturated carbocycles. The summed E-state index contributed by atoms with van der Waals surface area (Å²) >= 11 is 0. The SMILES string of the molecule is CC(C)[C@@H]1CC[C@@H](C)C[C@@H]1OC(=O)NCC1COC(C)(C)OC1. The monoisotopic (exact) mass is 327 g/mol. The van der Waals surface area contributed by atoms with E-state index < -0.39 is 5.79 Å². The summed E-state index contributed by atoms with van der Waals surface area (Å²) in [7, 11) is 0. The molecule has 5 nitrogen and oxygen atoms in total. The molecular weight excluding hydrogens is 294 g/mol. The first-order valence-corrected chi connectivity index (χ1v) is 8.99. The van der Waals surface area contributed by atoms with E-state index in [0.717, 1.165) is 12.8 Å². The highest BCUT2D eigenvalue weighted by molar-refractivity contribution is 5.67. The Morgan fingerprint density at radius 1 is 1.26 bits per heavy atom. The van der Waals surface area contributed by atoms with E-state index in [9.17, 15) is 4.79 Å². The first kappa shape index (κ1) is 18.5. The Bertz CT molecular complexity index is 386. The third-order valence-corrected chi connectivity index (χ3v) is 5.09. The summed E-state index contributed by atoms with van der Waals surface area (Å²) in [5.74, 6) is 1.31. The number of amides is 1. The summed E-state index contributed by atoms with van der Waals surface area (Å²) in [6.45, 7) is 12.2. The van der Waals surface area contributed by atoms with Crippen LogP contribution in [0, 0.1) is 23.7 Å². The van der Waals surface area contributed by atoms with Gasteiger partial charge in [-0.05, 0) is 44.4 Å². The Labute approximate surface area is 140 Å². The van der Waals surface area contributed by atoms with Crippen LogP contribution in [0.25, 0.3) is 0 Å². The van der Waals surface area contributed by atoms with E-state index in [0.29, 0.717) is 37.5 Å². The Kier molecular flexibility index (Phi) is 6.32. The quantitative estimate of drug-likeness (QED) is 0.857. The molecule has 2 aliphatic rings. The molecule has 1 aliphatic carbocycles. The molecule has 23 heavy (non-hydrogen) atoms. The predicted octanol–water partition coefficient (Wildman–Crippen LogP) is 3.57. The molecule has 0 unspecified atom stereocenters. The highest BCUT2D eigenvalue weighted by Gasteiger charge is 2.34. The topological polar surface area (TPSA) is 56.8 Å². The van der Waals surface area contributed by atoms with Crippen LogP contribution in [0.5, 0.6) is 0 Å². The number of hydrogen-bond donors (Lipinski definition) is 1. The molecule has 0 bridgehead atoms. The van der Waals surface area contributed by atoms with Crippen molar-refractivity contribution >= 4 is 6.09 Å². The maximum Gasteiger partial charge on any atom is 0.407 e. The second-order valence-corrected chi connectivity index (χ2v) is 8.04. The van der Waals surface area contributed by atoms with Crippen molar-refractivity contribution in [3.05, 3.63) is 0 Å². The van der Waals surface area contributed by atoms with Crippen LogP contribution in [0.2, 0.25) is 0 Å². The number of ether oxygens (including phenoxy) is 3. The van der Waals surface area contributed by atoms with Crippen LogP contribution in [0.15, 0.2) is 0 Å². The molecule has 0 spiro atoms. The third kappa shape index (κ3) is 5.64. The first-order valence-electron chi connectivity index (χ1n) is 8.99. The van der Waals surface area contributed by atoms with Crippen molar-refractivity contribution < 1.29 is 19.0 Å². The molecule has 2 rings (SSSR count). The smallest absolute Gasteiger partial charge is 0.407 e. The first-order chi connectivity index (χ1) is 10.8. The Morgan fingerprint density at radius 3 is 2.52 bits per heavy atom. The highest BCUT2D eigenvalue weighted by atomic mass is 16.7. The fraction of sp³-hybridized carbons (Fsp3) is 0.944. The van der Waals surface area contributed by atoms with Gasteiger partial charge in [0.15, 0.2) is 5.79 Å². The molecule has 134 valence electrons. The minimum atomic E-state index is -0.514. The van der Waals surface area contributed by atoms with E-state index in [-0.39, 0.29) is 18.1 Å². The van der Waals surface area contributed by atoms with Crippen molar-refractivity contribution in [3.63, 3.8) is 0 Å². The maximum absolute atomic E-state index is 12.1. The maximum atomic E-state index is 12.1. The van der Waals surface area contributed by atoms with Gasteiger partial charge in [0, 0.05) is 12.5 Å². The zero-order valence-electron chi connectivity index (χ0n) is 15.3. The third-order valence-electron chi connectivity index (χ3n) is 5.09. The Morgan fingerprint density at radius 2 is 1.91 bits per heavy atom. The lowest BCUT2D eigenvalue weighted by atomic mass is 9.75. The van der Waals surface area contributed by atoms with Gasteiger partial charge in [-0.15, -0.1) is 0 Å².